The lowest BCUT2D eigenvalue weighted by atomic mass is 9.96. The van der Waals surface area contributed by atoms with Crippen LogP contribution in [0.4, 0.5) is 11.4 Å². The van der Waals surface area contributed by atoms with Crippen LogP contribution in [0.2, 0.25) is 0 Å². The molecule has 0 spiro atoms. The summed E-state index contributed by atoms with van der Waals surface area (Å²) in [5.74, 6) is -0.268. The molecule has 0 aliphatic rings. The molecule has 0 aromatic heterocycles. The molecule has 0 heterocycles. The molecule has 2 amide bonds. The van der Waals surface area contributed by atoms with Crippen molar-refractivity contribution in [1.82, 2.24) is 5.32 Å². The highest BCUT2D eigenvalue weighted by Crippen LogP contribution is 2.19. The van der Waals surface area contributed by atoms with Crippen molar-refractivity contribution in [2.24, 2.45) is 5.92 Å². The van der Waals surface area contributed by atoms with Gasteiger partial charge in [0.25, 0.3) is 5.91 Å². The van der Waals surface area contributed by atoms with Crippen LogP contribution in [0.5, 0.6) is 0 Å². The van der Waals surface area contributed by atoms with Crippen LogP contribution in [-0.2, 0) is 11.2 Å². The van der Waals surface area contributed by atoms with Crippen molar-refractivity contribution < 1.29 is 9.59 Å². The lowest BCUT2D eigenvalue weighted by molar-refractivity contribution is -0.120. The molecule has 0 radical (unpaired) electrons. The number of anilines is 2. The van der Waals surface area contributed by atoms with E-state index in [1.165, 1.54) is 5.56 Å². The van der Waals surface area contributed by atoms with E-state index >= 15 is 0 Å². The van der Waals surface area contributed by atoms with E-state index in [1.54, 1.807) is 24.3 Å². The van der Waals surface area contributed by atoms with Gasteiger partial charge in [0, 0.05) is 5.69 Å². The van der Waals surface area contributed by atoms with Gasteiger partial charge in [0.2, 0.25) is 5.91 Å². The summed E-state index contributed by atoms with van der Waals surface area (Å²) in [7, 11) is 0. The third-order valence-corrected chi connectivity index (χ3v) is 5.41. The number of hydrogen-bond donors (Lipinski definition) is 3. The van der Waals surface area contributed by atoms with Crippen LogP contribution in [0, 0.1) is 5.92 Å². The third kappa shape index (κ3) is 6.99. The molecule has 0 aliphatic heterocycles. The second kappa shape index (κ2) is 11.4. The van der Waals surface area contributed by atoms with Gasteiger partial charge in [-0.15, -0.1) is 0 Å². The highest BCUT2D eigenvalue weighted by atomic mass is 32.1. The standard InChI is InChI=1S/C27H29N3O2S/c1-18(2)17-20-13-15-21(16-14-20)19(3)25(31)30-27(33)29-24-12-8-7-11-23(24)26(32)28-22-9-5-4-6-10-22/h4-16,18-19H,17H2,1-3H3,(H,28,32)(H2,29,30,31,33). The summed E-state index contributed by atoms with van der Waals surface area (Å²) < 4.78 is 0. The Hall–Kier alpha value is -3.51. The third-order valence-electron chi connectivity index (χ3n) is 5.21. The first-order chi connectivity index (χ1) is 15.8. The van der Waals surface area contributed by atoms with Crippen LogP contribution >= 0.6 is 12.2 Å². The number of carbonyl (C=O) groups is 2. The molecular weight excluding hydrogens is 430 g/mol. The van der Waals surface area contributed by atoms with E-state index in [0.717, 1.165) is 12.0 Å². The number of amides is 2. The maximum absolute atomic E-state index is 12.7. The molecule has 33 heavy (non-hydrogen) atoms. The number of benzene rings is 3. The fourth-order valence-electron chi connectivity index (χ4n) is 3.45. The highest BCUT2D eigenvalue weighted by molar-refractivity contribution is 7.80. The fraction of sp³-hybridized carbons (Fsp3) is 0.222. The van der Waals surface area contributed by atoms with Crippen LogP contribution in [0.3, 0.4) is 0 Å². The predicted octanol–water partition coefficient (Wildman–Crippen LogP) is 5.75. The quantitative estimate of drug-likeness (QED) is 0.393. The fourth-order valence-corrected chi connectivity index (χ4v) is 3.66. The minimum absolute atomic E-state index is 0.142. The Balaban J connectivity index is 1.62. The van der Waals surface area contributed by atoms with Crippen molar-refractivity contribution in [3.05, 3.63) is 95.6 Å². The number of nitrogens with one attached hydrogen (secondary N) is 3. The van der Waals surface area contributed by atoms with E-state index in [4.69, 9.17) is 12.2 Å². The van der Waals surface area contributed by atoms with E-state index in [2.05, 4.69) is 41.9 Å². The second-order valence-corrected chi connectivity index (χ2v) is 8.78. The molecule has 0 aliphatic carbocycles. The molecule has 5 nitrogen and oxygen atoms in total. The molecule has 0 bridgehead atoms. The molecule has 6 heteroatoms. The molecule has 3 N–H and O–H groups in total. The molecule has 0 fully saturated rings. The van der Waals surface area contributed by atoms with Crippen molar-refractivity contribution in [3.63, 3.8) is 0 Å². The van der Waals surface area contributed by atoms with E-state index in [0.29, 0.717) is 22.9 Å². The molecule has 1 atom stereocenters. The number of rotatable bonds is 7. The van der Waals surface area contributed by atoms with Crippen molar-refractivity contribution >= 4 is 40.5 Å². The highest BCUT2D eigenvalue weighted by Gasteiger charge is 2.18. The minimum atomic E-state index is -0.366. The van der Waals surface area contributed by atoms with E-state index in [1.807, 2.05) is 49.4 Å². The largest absolute Gasteiger partial charge is 0.332 e. The Morgan fingerprint density at radius 1 is 0.818 bits per heavy atom. The predicted molar refractivity (Wildman–Crippen MR) is 139 cm³/mol. The summed E-state index contributed by atoms with van der Waals surface area (Å²) >= 11 is 5.35. The number of hydrogen-bond acceptors (Lipinski definition) is 3. The van der Waals surface area contributed by atoms with Gasteiger partial charge in [-0.3, -0.25) is 9.59 Å². The van der Waals surface area contributed by atoms with Gasteiger partial charge in [0.15, 0.2) is 5.11 Å². The van der Waals surface area contributed by atoms with Crippen LogP contribution in [0.15, 0.2) is 78.9 Å². The summed E-state index contributed by atoms with van der Waals surface area (Å²) in [6, 6.07) is 24.3. The van der Waals surface area contributed by atoms with Gasteiger partial charge in [0.05, 0.1) is 17.2 Å². The van der Waals surface area contributed by atoms with Crippen LogP contribution < -0.4 is 16.0 Å². The summed E-state index contributed by atoms with van der Waals surface area (Å²) in [6.45, 7) is 6.21. The van der Waals surface area contributed by atoms with Crippen molar-refractivity contribution in [3.8, 4) is 0 Å². The summed E-state index contributed by atoms with van der Waals surface area (Å²) in [6.07, 6.45) is 1.01. The van der Waals surface area contributed by atoms with Crippen molar-refractivity contribution in [2.75, 3.05) is 10.6 Å². The van der Waals surface area contributed by atoms with Crippen molar-refractivity contribution in [2.45, 2.75) is 33.1 Å². The molecule has 3 rings (SSSR count). The average molecular weight is 460 g/mol. The monoisotopic (exact) mass is 459 g/mol. The van der Waals surface area contributed by atoms with Crippen LogP contribution in [0.1, 0.15) is 48.2 Å². The summed E-state index contributed by atoms with van der Waals surface area (Å²) in [5.41, 5.74) is 3.81. The first-order valence-corrected chi connectivity index (χ1v) is 11.4. The normalized spacial score (nSPS) is 11.5. The SMILES string of the molecule is CC(C)Cc1ccc(C(C)C(=O)NC(=S)Nc2ccccc2C(=O)Nc2ccccc2)cc1. The maximum Gasteiger partial charge on any atom is 0.257 e. The molecule has 0 saturated carbocycles. The Morgan fingerprint density at radius 2 is 1.45 bits per heavy atom. The Kier molecular flexibility index (Phi) is 8.33. The topological polar surface area (TPSA) is 70.2 Å². The zero-order valence-corrected chi connectivity index (χ0v) is 19.9. The Labute approximate surface area is 200 Å². The molecule has 0 saturated heterocycles. The smallest absolute Gasteiger partial charge is 0.257 e. The van der Waals surface area contributed by atoms with Gasteiger partial charge < -0.3 is 16.0 Å². The Bertz CT molecular complexity index is 1110. The lowest BCUT2D eigenvalue weighted by Crippen LogP contribution is -2.37. The molecule has 3 aromatic carbocycles. The first kappa shape index (κ1) is 24.1. The zero-order chi connectivity index (χ0) is 23.8. The molecular formula is C27H29N3O2S. The van der Waals surface area contributed by atoms with Crippen LogP contribution in [0.25, 0.3) is 0 Å². The number of para-hydroxylation sites is 2. The molecule has 1 unspecified atom stereocenters. The number of thiocarbonyl (C=S) groups is 1. The summed E-state index contributed by atoms with van der Waals surface area (Å²) in [5, 5.41) is 8.72. The number of carbonyl (C=O) groups excluding carboxylic acids is 2. The van der Waals surface area contributed by atoms with Gasteiger partial charge in [-0.25, -0.2) is 0 Å². The average Bonchev–Trinajstić information content (AvgIpc) is 2.79. The van der Waals surface area contributed by atoms with Gasteiger partial charge in [0.1, 0.15) is 0 Å². The van der Waals surface area contributed by atoms with Gasteiger partial charge >= 0.3 is 0 Å². The lowest BCUT2D eigenvalue weighted by Gasteiger charge is -2.16. The van der Waals surface area contributed by atoms with E-state index < -0.39 is 0 Å². The minimum Gasteiger partial charge on any atom is -0.332 e. The second-order valence-electron chi connectivity index (χ2n) is 8.37. The van der Waals surface area contributed by atoms with E-state index in [9.17, 15) is 9.59 Å². The van der Waals surface area contributed by atoms with Gasteiger partial charge in [-0.1, -0.05) is 68.4 Å². The molecule has 170 valence electrons. The van der Waals surface area contributed by atoms with Gasteiger partial charge in [-0.05, 0) is 66.9 Å². The molecule has 3 aromatic rings. The van der Waals surface area contributed by atoms with Crippen molar-refractivity contribution in [1.29, 1.82) is 0 Å². The maximum atomic E-state index is 12.7. The van der Waals surface area contributed by atoms with Crippen LogP contribution in [-0.4, -0.2) is 16.9 Å². The summed E-state index contributed by atoms with van der Waals surface area (Å²) in [4.78, 5) is 25.5. The zero-order valence-electron chi connectivity index (χ0n) is 19.1. The van der Waals surface area contributed by atoms with Gasteiger partial charge in [-0.2, -0.15) is 0 Å². The Morgan fingerprint density at radius 3 is 2.12 bits per heavy atom. The van der Waals surface area contributed by atoms with E-state index in [-0.39, 0.29) is 22.8 Å². The first-order valence-electron chi connectivity index (χ1n) is 11.0.